The van der Waals surface area contributed by atoms with Crippen LogP contribution in [0.3, 0.4) is 0 Å². The van der Waals surface area contributed by atoms with E-state index in [-0.39, 0.29) is 18.3 Å². The van der Waals surface area contributed by atoms with Crippen molar-refractivity contribution in [1.29, 1.82) is 0 Å². The van der Waals surface area contributed by atoms with Gasteiger partial charge in [0.1, 0.15) is 0 Å². The van der Waals surface area contributed by atoms with Crippen molar-refractivity contribution >= 4 is 35.1 Å². The van der Waals surface area contributed by atoms with Crippen LogP contribution in [0.15, 0.2) is 18.2 Å². The van der Waals surface area contributed by atoms with Gasteiger partial charge in [-0.05, 0) is 44.9 Å². The first kappa shape index (κ1) is 21.3. The van der Waals surface area contributed by atoms with Gasteiger partial charge in [0.05, 0.1) is 29.9 Å². The molecule has 0 aliphatic rings. The highest BCUT2D eigenvalue weighted by Gasteiger charge is 2.17. The minimum Gasteiger partial charge on any atom is -0.469 e. The minimum atomic E-state index is -0.235. The van der Waals surface area contributed by atoms with E-state index in [9.17, 15) is 9.59 Å². The molecule has 0 atom stereocenters. The van der Waals surface area contributed by atoms with Gasteiger partial charge < -0.3 is 10.1 Å². The highest BCUT2D eigenvalue weighted by molar-refractivity contribution is 6.35. The van der Waals surface area contributed by atoms with Crippen molar-refractivity contribution in [2.24, 2.45) is 0 Å². The van der Waals surface area contributed by atoms with Crippen LogP contribution in [0.2, 0.25) is 10.0 Å². The van der Waals surface area contributed by atoms with Crippen molar-refractivity contribution < 1.29 is 14.3 Å². The Morgan fingerprint density at radius 2 is 1.96 bits per heavy atom. The smallest absolute Gasteiger partial charge is 0.305 e. The molecule has 0 saturated heterocycles. The van der Waals surface area contributed by atoms with Gasteiger partial charge in [0.15, 0.2) is 0 Å². The van der Waals surface area contributed by atoms with Crippen molar-refractivity contribution in [1.82, 2.24) is 15.1 Å². The molecule has 0 aliphatic carbocycles. The fraction of sp³-hybridized carbons (Fsp3) is 0.421. The summed E-state index contributed by atoms with van der Waals surface area (Å²) in [5.41, 5.74) is 3.22. The number of carbonyl (C=O) groups is 2. The summed E-state index contributed by atoms with van der Waals surface area (Å²) in [5.74, 6) is -0.318. The molecule has 1 amide bonds. The molecule has 0 fully saturated rings. The lowest BCUT2D eigenvalue weighted by molar-refractivity contribution is -0.140. The summed E-state index contributed by atoms with van der Waals surface area (Å²) in [5, 5.41) is 8.44. The number of ether oxygens (including phenoxy) is 1. The van der Waals surface area contributed by atoms with Crippen molar-refractivity contribution in [3.8, 4) is 5.69 Å². The Kier molecular flexibility index (Phi) is 7.68. The van der Waals surface area contributed by atoms with E-state index in [0.29, 0.717) is 29.4 Å². The molecular formula is C19H23Cl2N3O3. The van der Waals surface area contributed by atoms with E-state index in [4.69, 9.17) is 23.2 Å². The number of nitrogens with one attached hydrogen (secondary N) is 1. The topological polar surface area (TPSA) is 73.2 Å². The molecule has 2 rings (SSSR count). The normalized spacial score (nSPS) is 10.7. The van der Waals surface area contributed by atoms with Gasteiger partial charge in [-0.2, -0.15) is 5.10 Å². The molecule has 0 aliphatic heterocycles. The summed E-state index contributed by atoms with van der Waals surface area (Å²) in [6.07, 6.45) is 2.00. The number of hydrogen-bond acceptors (Lipinski definition) is 4. The Bertz CT molecular complexity index is 834. The molecule has 1 N–H and O–H groups in total. The van der Waals surface area contributed by atoms with Gasteiger partial charge in [0.2, 0.25) is 5.91 Å². The second-order valence-corrected chi connectivity index (χ2v) is 7.06. The number of methoxy groups -OCH3 is 1. The van der Waals surface area contributed by atoms with Crippen molar-refractivity contribution in [3.63, 3.8) is 0 Å². The molecule has 0 saturated carbocycles. The van der Waals surface area contributed by atoms with Gasteiger partial charge in [-0.3, -0.25) is 9.59 Å². The summed E-state index contributed by atoms with van der Waals surface area (Å²) >= 11 is 12.2. The maximum absolute atomic E-state index is 12.2. The van der Waals surface area contributed by atoms with E-state index in [2.05, 4.69) is 15.2 Å². The van der Waals surface area contributed by atoms with Gasteiger partial charge in [-0.25, -0.2) is 4.68 Å². The number of aromatic nitrogens is 2. The lowest BCUT2D eigenvalue weighted by atomic mass is 10.1. The van der Waals surface area contributed by atoms with Crippen LogP contribution in [0.5, 0.6) is 0 Å². The predicted octanol–water partition coefficient (Wildman–Crippen LogP) is 3.80. The monoisotopic (exact) mass is 411 g/mol. The Morgan fingerprint density at radius 1 is 1.22 bits per heavy atom. The molecule has 0 unspecified atom stereocenters. The fourth-order valence-electron chi connectivity index (χ4n) is 2.77. The van der Waals surface area contributed by atoms with Gasteiger partial charge in [-0.1, -0.05) is 23.2 Å². The van der Waals surface area contributed by atoms with Gasteiger partial charge in [0, 0.05) is 29.2 Å². The van der Waals surface area contributed by atoms with Crippen LogP contribution < -0.4 is 5.32 Å². The zero-order chi connectivity index (χ0) is 20.0. The predicted molar refractivity (Wildman–Crippen MR) is 106 cm³/mol. The van der Waals surface area contributed by atoms with E-state index in [0.717, 1.165) is 29.1 Å². The Labute approximate surface area is 168 Å². The summed E-state index contributed by atoms with van der Waals surface area (Å²) < 4.78 is 6.31. The van der Waals surface area contributed by atoms with Gasteiger partial charge in [-0.15, -0.1) is 0 Å². The molecule has 6 nitrogen and oxygen atoms in total. The molecule has 0 radical (unpaired) electrons. The first-order valence-electron chi connectivity index (χ1n) is 8.67. The second kappa shape index (κ2) is 9.76. The number of rotatable bonds is 8. The molecule has 1 aromatic heterocycles. The van der Waals surface area contributed by atoms with E-state index in [1.807, 2.05) is 13.8 Å². The molecule has 27 heavy (non-hydrogen) atoms. The zero-order valence-corrected chi connectivity index (χ0v) is 17.2. The lowest BCUT2D eigenvalue weighted by Crippen LogP contribution is -2.26. The molecular weight excluding hydrogens is 389 g/mol. The number of nitrogens with zero attached hydrogens (tertiary/aromatic N) is 2. The summed E-state index contributed by atoms with van der Waals surface area (Å²) in [6, 6.07) is 5.21. The van der Waals surface area contributed by atoms with Gasteiger partial charge >= 0.3 is 5.97 Å². The SMILES string of the molecule is COC(=O)CCCCNC(=O)Cc1c(C)nn(-c2ccc(Cl)cc2Cl)c1C. The average Bonchev–Trinajstić information content (AvgIpc) is 2.89. The van der Waals surface area contributed by atoms with Crippen LogP contribution in [0.25, 0.3) is 5.69 Å². The fourth-order valence-corrected chi connectivity index (χ4v) is 3.25. The molecule has 8 heteroatoms. The highest BCUT2D eigenvalue weighted by atomic mass is 35.5. The van der Waals surface area contributed by atoms with Crippen molar-refractivity contribution in [3.05, 3.63) is 45.2 Å². The Hall–Kier alpha value is -2.05. The first-order valence-corrected chi connectivity index (χ1v) is 9.43. The van der Waals surface area contributed by atoms with Crippen LogP contribution in [-0.4, -0.2) is 35.3 Å². The quantitative estimate of drug-likeness (QED) is 0.529. The number of carbonyl (C=O) groups excluding carboxylic acids is 2. The highest BCUT2D eigenvalue weighted by Crippen LogP contribution is 2.27. The van der Waals surface area contributed by atoms with E-state index < -0.39 is 0 Å². The number of amides is 1. The number of halogens is 2. The van der Waals surface area contributed by atoms with Crippen LogP contribution in [0.1, 0.15) is 36.2 Å². The van der Waals surface area contributed by atoms with Crippen LogP contribution >= 0.6 is 23.2 Å². The summed E-state index contributed by atoms with van der Waals surface area (Å²) in [7, 11) is 1.37. The minimum absolute atomic E-state index is 0.0824. The zero-order valence-electron chi connectivity index (χ0n) is 15.6. The van der Waals surface area contributed by atoms with E-state index in [1.54, 1.807) is 22.9 Å². The summed E-state index contributed by atoms with van der Waals surface area (Å²) in [4.78, 5) is 23.3. The molecule has 1 heterocycles. The van der Waals surface area contributed by atoms with E-state index >= 15 is 0 Å². The number of aryl methyl sites for hydroxylation is 1. The summed E-state index contributed by atoms with van der Waals surface area (Å²) in [6.45, 7) is 4.29. The Balaban J connectivity index is 1.98. The van der Waals surface area contributed by atoms with Crippen LogP contribution in [-0.2, 0) is 20.7 Å². The maximum Gasteiger partial charge on any atom is 0.305 e. The second-order valence-electron chi connectivity index (χ2n) is 6.22. The first-order chi connectivity index (χ1) is 12.8. The standard InChI is InChI=1S/C19H23Cl2N3O3/c1-12-15(11-18(25)22-9-5-4-6-19(26)27-3)13(2)24(23-12)17-8-7-14(20)10-16(17)21/h7-8,10H,4-6,9,11H2,1-3H3,(H,22,25). The number of benzene rings is 1. The third-order valence-electron chi connectivity index (χ3n) is 4.27. The molecule has 1 aromatic carbocycles. The van der Waals surface area contributed by atoms with Crippen LogP contribution in [0, 0.1) is 13.8 Å². The molecule has 2 aromatic rings. The molecule has 0 spiro atoms. The van der Waals surface area contributed by atoms with Crippen molar-refractivity contribution in [2.75, 3.05) is 13.7 Å². The lowest BCUT2D eigenvalue weighted by Gasteiger charge is -2.08. The maximum atomic E-state index is 12.2. The molecule has 146 valence electrons. The number of hydrogen-bond donors (Lipinski definition) is 1. The van der Waals surface area contributed by atoms with E-state index in [1.165, 1.54) is 7.11 Å². The van der Waals surface area contributed by atoms with Crippen molar-refractivity contribution in [2.45, 2.75) is 39.5 Å². The van der Waals surface area contributed by atoms with Gasteiger partial charge in [0.25, 0.3) is 0 Å². The average molecular weight is 412 g/mol. The Morgan fingerprint density at radius 3 is 2.63 bits per heavy atom. The molecule has 0 bridgehead atoms. The largest absolute Gasteiger partial charge is 0.469 e. The number of unbranched alkanes of at least 4 members (excludes halogenated alkanes) is 1. The third kappa shape index (κ3) is 5.71. The van der Waals surface area contributed by atoms with Crippen LogP contribution in [0.4, 0.5) is 0 Å². The third-order valence-corrected chi connectivity index (χ3v) is 4.81. The number of esters is 1.